The quantitative estimate of drug-likeness (QED) is 0.542. The molecule has 11 heavy (non-hydrogen) atoms. The van der Waals surface area contributed by atoms with E-state index in [9.17, 15) is 4.79 Å². The third-order valence-corrected chi connectivity index (χ3v) is 1.38. The molecule has 1 aromatic rings. The number of carbonyl (C=O) groups is 1. The lowest BCUT2D eigenvalue weighted by Crippen LogP contribution is -1.94. The topological polar surface area (TPSA) is 52.3 Å². The lowest BCUT2D eigenvalue weighted by Gasteiger charge is -2.01. The first-order chi connectivity index (χ1) is 5.24. The number of nitrogen functional groups attached to an aromatic ring is 1. The van der Waals surface area contributed by atoms with Crippen molar-refractivity contribution in [3.63, 3.8) is 0 Å². The number of rotatable bonds is 2. The van der Waals surface area contributed by atoms with Gasteiger partial charge in [-0.3, -0.25) is 4.79 Å². The van der Waals surface area contributed by atoms with E-state index in [-0.39, 0.29) is 0 Å². The number of nitrogens with two attached hydrogens (primary N) is 1. The molecule has 0 saturated heterocycles. The molecule has 0 aliphatic rings. The molecule has 0 bridgehead atoms. The van der Waals surface area contributed by atoms with Gasteiger partial charge in [0.2, 0.25) is 0 Å². The van der Waals surface area contributed by atoms with E-state index < -0.39 is 0 Å². The van der Waals surface area contributed by atoms with Crippen LogP contribution in [-0.2, 0) is 4.79 Å². The van der Waals surface area contributed by atoms with E-state index in [1.807, 2.05) is 0 Å². The summed E-state index contributed by atoms with van der Waals surface area (Å²) in [6, 6.07) is 4.64. The summed E-state index contributed by atoms with van der Waals surface area (Å²) in [6.45, 7) is 0.319. The standard InChI is InChI=1S/C7H6ClNO2/c8-5-1-2-7(11-4-10)6(9)3-5/h1-4H,9H2. The monoisotopic (exact) mass is 171 g/mol. The molecular formula is C7H6ClNO2. The van der Waals surface area contributed by atoms with Gasteiger partial charge in [0.1, 0.15) is 0 Å². The van der Waals surface area contributed by atoms with E-state index in [0.29, 0.717) is 22.9 Å². The second-order valence-corrected chi connectivity index (χ2v) is 2.33. The lowest BCUT2D eigenvalue weighted by molar-refractivity contribution is -0.120. The second kappa shape index (κ2) is 3.25. The predicted octanol–water partition coefficient (Wildman–Crippen LogP) is 1.46. The van der Waals surface area contributed by atoms with Gasteiger partial charge in [0.05, 0.1) is 5.69 Å². The summed E-state index contributed by atoms with van der Waals surface area (Å²) < 4.78 is 4.53. The van der Waals surface area contributed by atoms with Gasteiger partial charge in [-0.05, 0) is 18.2 Å². The molecular weight excluding hydrogens is 166 g/mol. The van der Waals surface area contributed by atoms with Crippen LogP contribution in [0.1, 0.15) is 0 Å². The van der Waals surface area contributed by atoms with Crippen LogP contribution >= 0.6 is 11.6 Å². The van der Waals surface area contributed by atoms with Gasteiger partial charge in [-0.2, -0.15) is 0 Å². The molecule has 0 heterocycles. The van der Waals surface area contributed by atoms with Crippen LogP contribution in [0.5, 0.6) is 5.75 Å². The van der Waals surface area contributed by atoms with Crippen LogP contribution in [0.2, 0.25) is 5.02 Å². The Balaban J connectivity index is 2.98. The summed E-state index contributed by atoms with van der Waals surface area (Å²) in [5, 5.41) is 0.515. The number of halogens is 1. The Bertz CT molecular complexity index is 275. The number of benzene rings is 1. The molecule has 0 spiro atoms. The van der Waals surface area contributed by atoms with Crippen molar-refractivity contribution >= 4 is 23.8 Å². The summed E-state index contributed by atoms with van der Waals surface area (Å²) in [7, 11) is 0. The maximum absolute atomic E-state index is 9.90. The van der Waals surface area contributed by atoms with E-state index in [1.165, 1.54) is 12.1 Å². The number of hydrogen-bond donors (Lipinski definition) is 1. The van der Waals surface area contributed by atoms with Crippen LogP contribution in [0, 0.1) is 0 Å². The number of ether oxygens (including phenoxy) is 1. The number of carbonyl (C=O) groups excluding carboxylic acids is 1. The van der Waals surface area contributed by atoms with Crippen LogP contribution in [0.3, 0.4) is 0 Å². The normalized spacial score (nSPS) is 9.18. The van der Waals surface area contributed by atoms with Crippen molar-refractivity contribution in [3.8, 4) is 5.75 Å². The average Bonchev–Trinajstić information content (AvgIpc) is 1.95. The molecule has 0 fully saturated rings. The first kappa shape index (κ1) is 7.88. The lowest BCUT2D eigenvalue weighted by atomic mass is 10.3. The minimum absolute atomic E-state index is 0.319. The Kier molecular flexibility index (Phi) is 2.33. The van der Waals surface area contributed by atoms with Crippen LogP contribution in [-0.4, -0.2) is 6.47 Å². The molecule has 0 unspecified atom stereocenters. The van der Waals surface area contributed by atoms with Crippen LogP contribution in [0.4, 0.5) is 5.69 Å². The largest absolute Gasteiger partial charge is 0.427 e. The van der Waals surface area contributed by atoms with Gasteiger partial charge >= 0.3 is 0 Å². The summed E-state index contributed by atoms with van der Waals surface area (Å²) in [4.78, 5) is 9.90. The summed E-state index contributed by atoms with van der Waals surface area (Å²) in [6.07, 6.45) is 0. The van der Waals surface area contributed by atoms with Crippen molar-refractivity contribution in [1.29, 1.82) is 0 Å². The third kappa shape index (κ3) is 1.85. The zero-order valence-corrected chi connectivity index (χ0v) is 6.34. The van der Waals surface area contributed by atoms with Gasteiger partial charge in [0, 0.05) is 5.02 Å². The van der Waals surface area contributed by atoms with E-state index in [4.69, 9.17) is 17.3 Å². The van der Waals surface area contributed by atoms with Gasteiger partial charge in [0.15, 0.2) is 5.75 Å². The molecule has 1 rings (SSSR count). The van der Waals surface area contributed by atoms with Crippen molar-refractivity contribution in [2.75, 3.05) is 5.73 Å². The average molecular weight is 172 g/mol. The molecule has 3 nitrogen and oxygen atoms in total. The zero-order valence-electron chi connectivity index (χ0n) is 5.58. The van der Waals surface area contributed by atoms with Crippen molar-refractivity contribution in [2.24, 2.45) is 0 Å². The maximum Gasteiger partial charge on any atom is 0.298 e. The molecule has 0 atom stereocenters. The second-order valence-electron chi connectivity index (χ2n) is 1.90. The van der Waals surface area contributed by atoms with Gasteiger partial charge in [-0.25, -0.2) is 0 Å². The van der Waals surface area contributed by atoms with Crippen LogP contribution < -0.4 is 10.5 Å². The molecule has 0 amide bonds. The molecule has 0 aromatic heterocycles. The molecule has 58 valence electrons. The van der Waals surface area contributed by atoms with E-state index in [1.54, 1.807) is 6.07 Å². The molecule has 0 aliphatic carbocycles. The smallest absolute Gasteiger partial charge is 0.298 e. The first-order valence-electron chi connectivity index (χ1n) is 2.89. The number of hydrogen-bond acceptors (Lipinski definition) is 3. The van der Waals surface area contributed by atoms with Gasteiger partial charge < -0.3 is 10.5 Å². The summed E-state index contributed by atoms with van der Waals surface area (Å²) in [5.74, 6) is 0.324. The summed E-state index contributed by atoms with van der Waals surface area (Å²) >= 11 is 5.59. The highest BCUT2D eigenvalue weighted by molar-refractivity contribution is 6.30. The fourth-order valence-electron chi connectivity index (χ4n) is 0.678. The Labute approximate surface area is 68.7 Å². The first-order valence-corrected chi connectivity index (χ1v) is 3.27. The summed E-state index contributed by atoms with van der Waals surface area (Å²) in [5.41, 5.74) is 5.79. The minimum Gasteiger partial charge on any atom is -0.427 e. The molecule has 0 aliphatic heterocycles. The Morgan fingerprint density at radius 2 is 2.27 bits per heavy atom. The fourth-order valence-corrected chi connectivity index (χ4v) is 0.859. The molecule has 0 radical (unpaired) electrons. The predicted molar refractivity (Wildman–Crippen MR) is 42.6 cm³/mol. The van der Waals surface area contributed by atoms with Gasteiger partial charge in [-0.1, -0.05) is 11.6 Å². The fraction of sp³-hybridized carbons (Fsp3) is 0. The highest BCUT2D eigenvalue weighted by Crippen LogP contribution is 2.24. The van der Waals surface area contributed by atoms with Gasteiger partial charge in [-0.15, -0.1) is 0 Å². The molecule has 2 N–H and O–H groups in total. The molecule has 0 saturated carbocycles. The van der Waals surface area contributed by atoms with Crippen molar-refractivity contribution < 1.29 is 9.53 Å². The SMILES string of the molecule is Nc1cc(Cl)ccc1OC=O. The number of anilines is 1. The van der Waals surface area contributed by atoms with E-state index in [2.05, 4.69) is 4.74 Å². The Hall–Kier alpha value is -1.22. The molecule has 4 heteroatoms. The van der Waals surface area contributed by atoms with Gasteiger partial charge in [0.25, 0.3) is 6.47 Å². The van der Waals surface area contributed by atoms with Crippen molar-refractivity contribution in [1.82, 2.24) is 0 Å². The molecule has 1 aromatic carbocycles. The van der Waals surface area contributed by atoms with E-state index >= 15 is 0 Å². The highest BCUT2D eigenvalue weighted by Gasteiger charge is 1.98. The minimum atomic E-state index is 0.319. The highest BCUT2D eigenvalue weighted by atomic mass is 35.5. The Morgan fingerprint density at radius 3 is 2.82 bits per heavy atom. The van der Waals surface area contributed by atoms with Crippen LogP contribution in [0.25, 0.3) is 0 Å². The third-order valence-electron chi connectivity index (χ3n) is 1.15. The van der Waals surface area contributed by atoms with Crippen molar-refractivity contribution in [2.45, 2.75) is 0 Å². The van der Waals surface area contributed by atoms with E-state index in [0.717, 1.165) is 0 Å². The maximum atomic E-state index is 9.90. The Morgan fingerprint density at radius 1 is 1.55 bits per heavy atom. The van der Waals surface area contributed by atoms with Crippen LogP contribution in [0.15, 0.2) is 18.2 Å². The van der Waals surface area contributed by atoms with Crippen molar-refractivity contribution in [3.05, 3.63) is 23.2 Å². The zero-order chi connectivity index (χ0) is 8.27.